The molecule has 3 atom stereocenters. The molecule has 1 amide bonds. The van der Waals surface area contributed by atoms with Gasteiger partial charge in [-0.3, -0.25) is 0 Å². The predicted octanol–water partition coefficient (Wildman–Crippen LogP) is 4.73. The minimum atomic E-state index is -0.985. The van der Waals surface area contributed by atoms with Crippen LogP contribution in [0.1, 0.15) is 51.4 Å². The average Bonchev–Trinajstić information content (AvgIpc) is 2.54. The van der Waals surface area contributed by atoms with Gasteiger partial charge in [-0.25, -0.2) is 9.59 Å². The Morgan fingerprint density at radius 2 is 2.04 bits per heavy atom. The molecule has 150 valence electrons. The number of anilines is 1. The molecule has 1 aromatic carbocycles. The van der Waals surface area contributed by atoms with E-state index in [0.717, 1.165) is 6.42 Å². The zero-order chi connectivity index (χ0) is 20.4. The maximum atomic E-state index is 12.3. The zero-order valence-electron chi connectivity index (χ0n) is 16.6. The van der Waals surface area contributed by atoms with Gasteiger partial charge in [0, 0.05) is 19.1 Å². The van der Waals surface area contributed by atoms with Crippen molar-refractivity contribution in [3.8, 4) is 0 Å². The molecule has 0 aromatic heterocycles. The van der Waals surface area contributed by atoms with E-state index < -0.39 is 11.6 Å². The Kier molecular flexibility index (Phi) is 6.63. The van der Waals surface area contributed by atoms with Gasteiger partial charge >= 0.3 is 12.1 Å². The molecule has 1 fully saturated rings. The summed E-state index contributed by atoms with van der Waals surface area (Å²) in [6.45, 7) is 11.0. The Morgan fingerprint density at radius 3 is 2.59 bits per heavy atom. The lowest BCUT2D eigenvalue weighted by Gasteiger charge is -2.40. The van der Waals surface area contributed by atoms with Crippen molar-refractivity contribution < 1.29 is 19.4 Å². The maximum absolute atomic E-state index is 12.3. The number of hydrogen-bond donors (Lipinski definition) is 2. The molecule has 2 N–H and O–H groups in total. The zero-order valence-corrected chi connectivity index (χ0v) is 17.3. The number of amides is 1. The molecule has 2 rings (SSSR count). The molecule has 1 aliphatic rings. The number of rotatable bonds is 4. The molecule has 1 unspecified atom stereocenters. The summed E-state index contributed by atoms with van der Waals surface area (Å²) in [5.41, 5.74) is 0.311. The standard InChI is InChI=1S/C20H29ClN2O4/c1-12-11-23(19(26)27-20(3,4)5)9-8-15(12)13(2)22-17-10-14(18(24)25)6-7-16(17)21/h6-7,10,12-13,15,22H,8-9,11H2,1-5H3,(H,24,25)/t12-,13?,15+/m1/s1. The molecular weight excluding hydrogens is 368 g/mol. The largest absolute Gasteiger partial charge is 0.478 e. The third-order valence-electron chi connectivity index (χ3n) is 4.86. The van der Waals surface area contributed by atoms with Gasteiger partial charge in [0.2, 0.25) is 0 Å². The minimum Gasteiger partial charge on any atom is -0.478 e. The van der Waals surface area contributed by atoms with E-state index in [9.17, 15) is 9.59 Å². The van der Waals surface area contributed by atoms with Crippen LogP contribution in [-0.2, 0) is 4.74 Å². The molecule has 1 heterocycles. The Labute approximate surface area is 165 Å². The summed E-state index contributed by atoms with van der Waals surface area (Å²) in [5.74, 6) is -0.384. The van der Waals surface area contributed by atoms with Gasteiger partial charge in [0.15, 0.2) is 0 Å². The summed E-state index contributed by atoms with van der Waals surface area (Å²) in [6, 6.07) is 4.72. The van der Waals surface area contributed by atoms with Crippen LogP contribution in [0.25, 0.3) is 0 Å². The van der Waals surface area contributed by atoms with Crippen molar-refractivity contribution in [2.45, 2.75) is 52.7 Å². The number of nitrogens with one attached hydrogen (secondary N) is 1. The number of carbonyl (C=O) groups excluding carboxylic acids is 1. The average molecular weight is 397 g/mol. The summed E-state index contributed by atoms with van der Waals surface area (Å²) in [4.78, 5) is 25.2. The fourth-order valence-corrected chi connectivity index (χ4v) is 3.69. The van der Waals surface area contributed by atoms with E-state index in [0.29, 0.717) is 29.7 Å². The second kappa shape index (κ2) is 8.38. The van der Waals surface area contributed by atoms with E-state index in [1.165, 1.54) is 6.07 Å². The number of halogens is 1. The molecule has 1 aromatic rings. The van der Waals surface area contributed by atoms with Crippen LogP contribution in [-0.4, -0.2) is 46.8 Å². The van der Waals surface area contributed by atoms with Gasteiger partial charge in [0.1, 0.15) is 5.60 Å². The number of hydrogen-bond acceptors (Lipinski definition) is 4. The lowest BCUT2D eigenvalue weighted by atomic mass is 9.82. The van der Waals surface area contributed by atoms with Gasteiger partial charge in [-0.15, -0.1) is 0 Å². The number of carboxylic acid groups (broad SMARTS) is 1. The first-order chi connectivity index (χ1) is 12.5. The number of piperidine rings is 1. The first kappa shape index (κ1) is 21.4. The normalized spacial score (nSPS) is 21.5. The second-order valence-electron chi connectivity index (χ2n) is 8.29. The quantitative estimate of drug-likeness (QED) is 0.768. The van der Waals surface area contributed by atoms with Crippen LogP contribution in [0.4, 0.5) is 10.5 Å². The van der Waals surface area contributed by atoms with Crippen molar-refractivity contribution in [3.63, 3.8) is 0 Å². The van der Waals surface area contributed by atoms with E-state index in [2.05, 4.69) is 19.2 Å². The summed E-state index contributed by atoms with van der Waals surface area (Å²) in [7, 11) is 0. The predicted molar refractivity (Wildman–Crippen MR) is 107 cm³/mol. The SMILES string of the molecule is CC(Nc1cc(C(=O)O)ccc1Cl)[C@H]1CCN(C(=O)OC(C)(C)C)C[C@H]1C. The Bertz CT molecular complexity index is 702. The van der Waals surface area contributed by atoms with Crippen molar-refractivity contribution in [1.82, 2.24) is 4.90 Å². The molecule has 0 radical (unpaired) electrons. The summed E-state index contributed by atoms with van der Waals surface area (Å²) in [6.07, 6.45) is 0.566. The highest BCUT2D eigenvalue weighted by Crippen LogP contribution is 2.31. The highest BCUT2D eigenvalue weighted by atomic mass is 35.5. The van der Waals surface area contributed by atoms with Gasteiger partial charge in [-0.2, -0.15) is 0 Å². The number of carbonyl (C=O) groups is 2. The fraction of sp³-hybridized carbons (Fsp3) is 0.600. The summed E-state index contributed by atoms with van der Waals surface area (Å²) < 4.78 is 5.47. The lowest BCUT2D eigenvalue weighted by molar-refractivity contribution is 0.0107. The van der Waals surface area contributed by atoms with Crippen LogP contribution < -0.4 is 5.32 Å². The molecule has 27 heavy (non-hydrogen) atoms. The van der Waals surface area contributed by atoms with Crippen molar-refractivity contribution in [1.29, 1.82) is 0 Å². The van der Waals surface area contributed by atoms with Crippen LogP contribution in [0.2, 0.25) is 5.02 Å². The third-order valence-corrected chi connectivity index (χ3v) is 5.19. The second-order valence-corrected chi connectivity index (χ2v) is 8.70. The maximum Gasteiger partial charge on any atom is 0.410 e. The van der Waals surface area contributed by atoms with Crippen LogP contribution >= 0.6 is 11.6 Å². The number of likely N-dealkylation sites (tertiary alicyclic amines) is 1. The third kappa shape index (κ3) is 5.76. The highest BCUT2D eigenvalue weighted by molar-refractivity contribution is 6.33. The van der Waals surface area contributed by atoms with Crippen molar-refractivity contribution in [2.24, 2.45) is 11.8 Å². The van der Waals surface area contributed by atoms with Crippen LogP contribution in [0, 0.1) is 11.8 Å². The number of nitrogens with zero attached hydrogens (tertiary/aromatic N) is 1. The number of aromatic carboxylic acids is 1. The van der Waals surface area contributed by atoms with E-state index in [1.54, 1.807) is 17.0 Å². The molecule has 1 saturated heterocycles. The van der Waals surface area contributed by atoms with E-state index in [1.807, 2.05) is 20.8 Å². The molecule has 0 aliphatic carbocycles. The van der Waals surface area contributed by atoms with Gasteiger partial charge in [0.25, 0.3) is 0 Å². The summed E-state index contributed by atoms with van der Waals surface area (Å²) >= 11 is 6.22. The van der Waals surface area contributed by atoms with Crippen LogP contribution in [0.15, 0.2) is 18.2 Å². The van der Waals surface area contributed by atoms with Crippen molar-refractivity contribution >= 4 is 29.4 Å². The Balaban J connectivity index is 2.01. The van der Waals surface area contributed by atoms with E-state index >= 15 is 0 Å². The molecule has 7 heteroatoms. The molecule has 0 spiro atoms. The van der Waals surface area contributed by atoms with Gasteiger partial charge in [-0.1, -0.05) is 18.5 Å². The van der Waals surface area contributed by atoms with Crippen molar-refractivity contribution in [3.05, 3.63) is 28.8 Å². The minimum absolute atomic E-state index is 0.0855. The smallest absolute Gasteiger partial charge is 0.410 e. The van der Waals surface area contributed by atoms with E-state index in [4.69, 9.17) is 21.4 Å². The number of ether oxygens (including phenoxy) is 1. The van der Waals surface area contributed by atoms with Gasteiger partial charge in [-0.05, 0) is 64.2 Å². The van der Waals surface area contributed by atoms with E-state index in [-0.39, 0.29) is 23.6 Å². The molecule has 1 aliphatic heterocycles. The topological polar surface area (TPSA) is 78.9 Å². The van der Waals surface area contributed by atoms with Gasteiger partial charge in [0.05, 0.1) is 16.3 Å². The fourth-order valence-electron chi connectivity index (χ4n) is 3.52. The summed E-state index contributed by atoms with van der Waals surface area (Å²) in [5, 5.41) is 13.0. The van der Waals surface area contributed by atoms with Crippen LogP contribution in [0.3, 0.4) is 0 Å². The number of benzene rings is 1. The Morgan fingerprint density at radius 1 is 1.37 bits per heavy atom. The first-order valence-electron chi connectivity index (χ1n) is 9.25. The first-order valence-corrected chi connectivity index (χ1v) is 9.63. The molecule has 0 bridgehead atoms. The van der Waals surface area contributed by atoms with Crippen molar-refractivity contribution in [2.75, 3.05) is 18.4 Å². The van der Waals surface area contributed by atoms with Crippen LogP contribution in [0.5, 0.6) is 0 Å². The highest BCUT2D eigenvalue weighted by Gasteiger charge is 2.34. The number of carboxylic acids is 1. The molecule has 6 nitrogen and oxygen atoms in total. The molecular formula is C20H29ClN2O4. The van der Waals surface area contributed by atoms with Gasteiger partial charge < -0.3 is 20.1 Å². The monoisotopic (exact) mass is 396 g/mol. The Hall–Kier alpha value is -1.95. The molecule has 0 saturated carbocycles. The lowest BCUT2D eigenvalue weighted by Crippen LogP contribution is -2.48.